The van der Waals surface area contributed by atoms with Gasteiger partial charge in [0.25, 0.3) is 0 Å². The van der Waals surface area contributed by atoms with E-state index in [9.17, 15) is 4.79 Å². The van der Waals surface area contributed by atoms with Crippen LogP contribution in [-0.2, 0) is 17.6 Å². The van der Waals surface area contributed by atoms with Crippen LogP contribution >= 0.6 is 27.3 Å². The fourth-order valence-corrected chi connectivity index (χ4v) is 5.67. The van der Waals surface area contributed by atoms with Gasteiger partial charge in [0.2, 0.25) is 5.91 Å². The van der Waals surface area contributed by atoms with E-state index in [1.165, 1.54) is 22.2 Å². The summed E-state index contributed by atoms with van der Waals surface area (Å²) in [5.41, 5.74) is 1.43. The molecule has 1 aliphatic carbocycles. The molecule has 1 atom stereocenters. The van der Waals surface area contributed by atoms with Crippen LogP contribution in [0.25, 0.3) is 10.2 Å². The standard InChI is InChI=1S/C20H20BrN5OS/c21-13-6-7-16(22-9-13)25-19(27)12-3-2-8-26(10-12)18-17-14-4-1-5-15(14)28-20(17)24-11-23-18/h6-7,9,11-12H,1-5,8,10H2,(H,22,25,27)/t12-/m1/s1. The molecule has 5 rings (SSSR count). The summed E-state index contributed by atoms with van der Waals surface area (Å²) in [6, 6.07) is 3.69. The molecular weight excluding hydrogens is 438 g/mol. The number of anilines is 2. The van der Waals surface area contributed by atoms with E-state index in [0.717, 1.165) is 47.3 Å². The van der Waals surface area contributed by atoms with E-state index < -0.39 is 0 Å². The molecule has 28 heavy (non-hydrogen) atoms. The zero-order valence-electron chi connectivity index (χ0n) is 15.3. The predicted octanol–water partition coefficient (Wildman–Crippen LogP) is 4.19. The maximum Gasteiger partial charge on any atom is 0.230 e. The lowest BCUT2D eigenvalue weighted by Gasteiger charge is -2.33. The summed E-state index contributed by atoms with van der Waals surface area (Å²) in [6.45, 7) is 1.61. The number of hydrogen-bond donors (Lipinski definition) is 1. The van der Waals surface area contributed by atoms with Gasteiger partial charge in [-0.3, -0.25) is 4.79 Å². The third-order valence-electron chi connectivity index (χ3n) is 5.55. The molecular formula is C20H20BrN5OS. The first-order valence-corrected chi connectivity index (χ1v) is 11.2. The number of amides is 1. The number of aryl methyl sites for hydroxylation is 2. The van der Waals surface area contributed by atoms with Gasteiger partial charge in [-0.05, 0) is 65.7 Å². The van der Waals surface area contributed by atoms with Crippen LogP contribution in [0, 0.1) is 5.92 Å². The van der Waals surface area contributed by atoms with Gasteiger partial charge in [0.15, 0.2) is 0 Å². The third-order valence-corrected chi connectivity index (χ3v) is 7.22. The van der Waals surface area contributed by atoms with Crippen LogP contribution in [0.15, 0.2) is 29.1 Å². The van der Waals surface area contributed by atoms with Gasteiger partial charge in [0.1, 0.15) is 22.8 Å². The number of hydrogen-bond acceptors (Lipinski definition) is 6. The lowest BCUT2D eigenvalue weighted by Crippen LogP contribution is -2.41. The quantitative estimate of drug-likeness (QED) is 0.638. The summed E-state index contributed by atoms with van der Waals surface area (Å²) in [5, 5.41) is 4.17. The van der Waals surface area contributed by atoms with Crippen LogP contribution in [0.5, 0.6) is 0 Å². The molecule has 1 aliphatic heterocycles. The molecule has 0 radical (unpaired) electrons. The van der Waals surface area contributed by atoms with Crippen molar-refractivity contribution < 1.29 is 4.79 Å². The second-order valence-electron chi connectivity index (χ2n) is 7.37. The number of thiophene rings is 1. The largest absolute Gasteiger partial charge is 0.355 e. The molecule has 8 heteroatoms. The van der Waals surface area contributed by atoms with E-state index in [1.54, 1.807) is 23.9 Å². The van der Waals surface area contributed by atoms with E-state index in [-0.39, 0.29) is 11.8 Å². The third kappa shape index (κ3) is 3.28. The van der Waals surface area contributed by atoms with Crippen molar-refractivity contribution in [3.8, 4) is 0 Å². The molecule has 1 N–H and O–H groups in total. The number of carbonyl (C=O) groups excluding carboxylic acids is 1. The van der Waals surface area contributed by atoms with Crippen LogP contribution in [0.2, 0.25) is 0 Å². The summed E-state index contributed by atoms with van der Waals surface area (Å²) in [4.78, 5) is 31.0. The number of aromatic nitrogens is 3. The van der Waals surface area contributed by atoms with E-state index in [0.29, 0.717) is 12.4 Å². The zero-order valence-corrected chi connectivity index (χ0v) is 17.7. The summed E-state index contributed by atoms with van der Waals surface area (Å²) >= 11 is 5.17. The topological polar surface area (TPSA) is 71.0 Å². The van der Waals surface area contributed by atoms with Gasteiger partial charge in [-0.2, -0.15) is 0 Å². The van der Waals surface area contributed by atoms with E-state index in [2.05, 4.69) is 41.1 Å². The molecule has 0 bridgehead atoms. The van der Waals surface area contributed by atoms with E-state index in [4.69, 9.17) is 0 Å². The molecule has 2 aliphatic rings. The van der Waals surface area contributed by atoms with Crippen molar-refractivity contribution in [2.45, 2.75) is 32.1 Å². The smallest absolute Gasteiger partial charge is 0.230 e. The number of fused-ring (bicyclic) bond motifs is 3. The van der Waals surface area contributed by atoms with Gasteiger partial charge in [0.05, 0.1) is 11.3 Å². The van der Waals surface area contributed by atoms with Crippen LogP contribution in [-0.4, -0.2) is 33.9 Å². The van der Waals surface area contributed by atoms with Gasteiger partial charge in [-0.15, -0.1) is 11.3 Å². The molecule has 3 aromatic rings. The maximum absolute atomic E-state index is 12.8. The van der Waals surface area contributed by atoms with Gasteiger partial charge in [-0.1, -0.05) is 0 Å². The first-order valence-electron chi connectivity index (χ1n) is 9.61. The molecule has 0 unspecified atom stereocenters. The van der Waals surface area contributed by atoms with E-state index in [1.807, 2.05) is 12.1 Å². The summed E-state index contributed by atoms with van der Waals surface area (Å²) in [7, 11) is 0. The Kier molecular flexibility index (Phi) is 4.76. The Morgan fingerprint density at radius 2 is 2.14 bits per heavy atom. The highest BCUT2D eigenvalue weighted by Crippen LogP contribution is 2.40. The average molecular weight is 458 g/mol. The Hall–Kier alpha value is -2.06. The lowest BCUT2D eigenvalue weighted by atomic mass is 9.96. The number of halogens is 1. The number of carbonyl (C=O) groups is 1. The van der Waals surface area contributed by atoms with Crippen LogP contribution in [0.3, 0.4) is 0 Å². The van der Waals surface area contributed by atoms with Gasteiger partial charge < -0.3 is 10.2 Å². The van der Waals surface area contributed by atoms with Crippen molar-refractivity contribution in [2.24, 2.45) is 5.92 Å². The normalized spacial score (nSPS) is 19.0. The lowest BCUT2D eigenvalue weighted by molar-refractivity contribution is -0.120. The van der Waals surface area contributed by atoms with Crippen molar-refractivity contribution >= 4 is 55.0 Å². The average Bonchev–Trinajstić information content (AvgIpc) is 3.31. The van der Waals surface area contributed by atoms with Crippen molar-refractivity contribution in [1.82, 2.24) is 15.0 Å². The second kappa shape index (κ2) is 7.40. The van der Waals surface area contributed by atoms with Crippen molar-refractivity contribution in [2.75, 3.05) is 23.3 Å². The van der Waals surface area contributed by atoms with Crippen molar-refractivity contribution in [1.29, 1.82) is 0 Å². The number of nitrogens with zero attached hydrogens (tertiary/aromatic N) is 4. The second-order valence-corrected chi connectivity index (χ2v) is 9.37. The molecule has 144 valence electrons. The number of rotatable bonds is 3. The fourth-order valence-electron chi connectivity index (χ4n) is 4.21. The molecule has 6 nitrogen and oxygen atoms in total. The van der Waals surface area contributed by atoms with Gasteiger partial charge in [-0.25, -0.2) is 15.0 Å². The monoisotopic (exact) mass is 457 g/mol. The minimum Gasteiger partial charge on any atom is -0.355 e. The Bertz CT molecular complexity index is 1040. The van der Waals surface area contributed by atoms with Gasteiger partial charge in [0, 0.05) is 28.6 Å². The molecule has 4 heterocycles. The zero-order chi connectivity index (χ0) is 19.1. The van der Waals surface area contributed by atoms with Crippen LogP contribution in [0.4, 0.5) is 11.6 Å². The first kappa shape index (κ1) is 18.0. The van der Waals surface area contributed by atoms with Crippen LogP contribution in [0.1, 0.15) is 29.7 Å². The maximum atomic E-state index is 12.8. The molecule has 1 saturated heterocycles. The summed E-state index contributed by atoms with van der Waals surface area (Å²) in [5.74, 6) is 1.55. The molecule has 1 fully saturated rings. The highest BCUT2D eigenvalue weighted by atomic mass is 79.9. The summed E-state index contributed by atoms with van der Waals surface area (Å²) in [6.07, 6.45) is 8.70. The highest BCUT2D eigenvalue weighted by molar-refractivity contribution is 9.10. The molecule has 3 aromatic heterocycles. The SMILES string of the molecule is O=C(Nc1ccc(Br)cn1)[C@@H]1CCCN(c2ncnc3sc4c(c23)CCC4)C1. The number of pyridine rings is 1. The molecule has 1 amide bonds. The van der Waals surface area contributed by atoms with E-state index >= 15 is 0 Å². The Balaban J connectivity index is 1.38. The Labute approximate surface area is 175 Å². The first-order chi connectivity index (χ1) is 13.7. The number of piperidine rings is 1. The predicted molar refractivity (Wildman–Crippen MR) is 115 cm³/mol. The van der Waals surface area contributed by atoms with Crippen LogP contribution < -0.4 is 10.2 Å². The van der Waals surface area contributed by atoms with Crippen molar-refractivity contribution in [3.63, 3.8) is 0 Å². The molecule has 0 saturated carbocycles. The Morgan fingerprint density at radius 1 is 1.21 bits per heavy atom. The minimum atomic E-state index is -0.0732. The van der Waals surface area contributed by atoms with Crippen molar-refractivity contribution in [3.05, 3.63) is 39.6 Å². The Morgan fingerprint density at radius 3 is 3.00 bits per heavy atom. The highest BCUT2D eigenvalue weighted by Gasteiger charge is 2.30. The summed E-state index contributed by atoms with van der Waals surface area (Å²) < 4.78 is 0.894. The number of nitrogens with one attached hydrogen (secondary N) is 1. The van der Waals surface area contributed by atoms with Gasteiger partial charge >= 0.3 is 0 Å². The molecule has 0 aromatic carbocycles. The fraction of sp³-hybridized carbons (Fsp3) is 0.400. The minimum absolute atomic E-state index is 0.0281. The molecule has 0 spiro atoms.